The van der Waals surface area contributed by atoms with Gasteiger partial charge >= 0.3 is 7.05 Å². The van der Waals surface area contributed by atoms with Crippen molar-refractivity contribution in [2.75, 3.05) is 13.2 Å². The second-order valence-electron chi connectivity index (χ2n) is 9.84. The van der Waals surface area contributed by atoms with E-state index in [0.717, 1.165) is 42.9 Å². The SMILES string of the molecule is C1CCOC1.CB(O)N[C@@H](CCC(=O)c1ccc(C)cc1)C(N)=O.Cc1ccc(C2=N[C@H](C(N)=O)CC2)cc1. The molecule has 2 aliphatic rings. The molecule has 39 heavy (non-hydrogen) atoms. The van der Waals surface area contributed by atoms with Crippen molar-refractivity contribution in [1.82, 2.24) is 5.23 Å². The van der Waals surface area contributed by atoms with Gasteiger partial charge in [-0.2, -0.15) is 0 Å². The number of hydrogen-bond donors (Lipinski definition) is 4. The molecule has 210 valence electrons. The Hall–Kier alpha value is -3.34. The van der Waals surface area contributed by atoms with Gasteiger partial charge in [-0.25, -0.2) is 0 Å². The van der Waals surface area contributed by atoms with Crippen molar-refractivity contribution in [2.45, 2.75) is 71.3 Å². The predicted molar refractivity (Wildman–Crippen MR) is 155 cm³/mol. The standard InChI is InChI=1S/C13H19BN2O3.C12H14N2O.C4H8O/c1-9-3-5-10(6-4-9)12(17)8-7-11(13(15)18)16-14(2)19;1-8-2-4-9(5-3-8)10-6-7-11(14-10)12(13)15;1-2-4-5-3-1/h3-6,11,16,19H,7-8H2,1-2H3,(H2,15,18);2-5,11H,6-7H2,1H3,(H2,13,15);1-4H2/t2*11-;/m00./s1. The van der Waals surface area contributed by atoms with Gasteiger partial charge in [0.15, 0.2) is 5.78 Å². The van der Waals surface area contributed by atoms with E-state index in [1.54, 1.807) is 12.1 Å². The molecular formula is C29H41BN4O5. The maximum atomic E-state index is 11.9. The molecule has 0 aromatic heterocycles. The highest BCUT2D eigenvalue weighted by Crippen LogP contribution is 2.18. The van der Waals surface area contributed by atoms with Crippen LogP contribution in [0.25, 0.3) is 0 Å². The van der Waals surface area contributed by atoms with Crippen LogP contribution in [0.15, 0.2) is 53.5 Å². The van der Waals surface area contributed by atoms with E-state index < -0.39 is 19.0 Å². The van der Waals surface area contributed by atoms with Crippen molar-refractivity contribution >= 4 is 30.4 Å². The van der Waals surface area contributed by atoms with E-state index in [2.05, 4.69) is 22.4 Å². The minimum atomic E-state index is -0.841. The van der Waals surface area contributed by atoms with Gasteiger partial charge in [0.25, 0.3) is 0 Å². The van der Waals surface area contributed by atoms with Crippen molar-refractivity contribution in [3.8, 4) is 0 Å². The number of ketones is 1. The van der Waals surface area contributed by atoms with Gasteiger partial charge in [-0.3, -0.25) is 19.4 Å². The van der Waals surface area contributed by atoms with E-state index in [0.29, 0.717) is 5.56 Å². The van der Waals surface area contributed by atoms with Gasteiger partial charge in [-0.05, 0) is 58.3 Å². The van der Waals surface area contributed by atoms with Crippen LogP contribution in [0.3, 0.4) is 0 Å². The summed E-state index contributed by atoms with van der Waals surface area (Å²) in [6.07, 6.45) is 4.62. The lowest BCUT2D eigenvalue weighted by atomic mass is 9.86. The van der Waals surface area contributed by atoms with Crippen LogP contribution < -0.4 is 16.7 Å². The number of amides is 2. The minimum absolute atomic E-state index is 0.0429. The molecule has 0 aliphatic carbocycles. The summed E-state index contributed by atoms with van der Waals surface area (Å²) in [5, 5.41) is 11.8. The van der Waals surface area contributed by atoms with Gasteiger partial charge in [0, 0.05) is 30.9 Å². The number of carbonyl (C=O) groups is 3. The lowest BCUT2D eigenvalue weighted by Crippen LogP contribution is -2.47. The summed E-state index contributed by atoms with van der Waals surface area (Å²) in [5.74, 6) is -0.937. The smallest absolute Gasteiger partial charge is 0.374 e. The number of aliphatic imine (C=N–C) groups is 1. The van der Waals surface area contributed by atoms with Crippen LogP contribution >= 0.6 is 0 Å². The largest absolute Gasteiger partial charge is 0.437 e. The number of carbonyl (C=O) groups excluding carboxylic acids is 3. The highest BCUT2D eigenvalue weighted by Gasteiger charge is 2.22. The molecule has 2 amide bonds. The summed E-state index contributed by atoms with van der Waals surface area (Å²) in [5.41, 5.74) is 15.4. The zero-order valence-electron chi connectivity index (χ0n) is 23.2. The van der Waals surface area contributed by atoms with Gasteiger partial charge in [0.2, 0.25) is 11.8 Å². The van der Waals surface area contributed by atoms with E-state index in [1.165, 1.54) is 25.2 Å². The van der Waals surface area contributed by atoms with Crippen LogP contribution in [-0.2, 0) is 14.3 Å². The monoisotopic (exact) mass is 536 g/mol. The zero-order chi connectivity index (χ0) is 28.8. The first kappa shape index (κ1) is 31.9. The lowest BCUT2D eigenvalue weighted by molar-refractivity contribution is -0.120. The average Bonchev–Trinajstić information content (AvgIpc) is 3.63. The number of nitrogens with two attached hydrogens (primary N) is 2. The van der Waals surface area contributed by atoms with Gasteiger partial charge in [-0.15, -0.1) is 0 Å². The van der Waals surface area contributed by atoms with Gasteiger partial charge < -0.3 is 26.5 Å². The van der Waals surface area contributed by atoms with E-state index in [1.807, 2.05) is 38.1 Å². The molecule has 4 rings (SSSR count). The molecule has 2 heterocycles. The number of Topliss-reactive ketones (excluding diaryl/α,β-unsaturated/α-hetero) is 1. The Morgan fingerprint density at radius 2 is 1.59 bits per heavy atom. The van der Waals surface area contributed by atoms with Crippen molar-refractivity contribution < 1.29 is 24.1 Å². The van der Waals surface area contributed by atoms with Crippen molar-refractivity contribution in [1.29, 1.82) is 0 Å². The normalized spacial score (nSPS) is 16.6. The fourth-order valence-corrected chi connectivity index (χ4v) is 4.03. The first-order valence-electron chi connectivity index (χ1n) is 13.4. The first-order valence-corrected chi connectivity index (χ1v) is 13.4. The number of rotatable bonds is 9. The predicted octanol–water partition coefficient (Wildman–Crippen LogP) is 2.74. The highest BCUT2D eigenvalue weighted by molar-refractivity contribution is 6.46. The number of nitrogens with zero attached hydrogens (tertiary/aromatic N) is 1. The average molecular weight is 536 g/mol. The molecule has 0 spiro atoms. The quantitative estimate of drug-likeness (QED) is 0.285. The van der Waals surface area contributed by atoms with Gasteiger partial charge in [0.05, 0.1) is 6.04 Å². The van der Waals surface area contributed by atoms with Crippen LogP contribution in [0, 0.1) is 13.8 Å². The molecule has 2 aromatic rings. The topological polar surface area (TPSA) is 157 Å². The van der Waals surface area contributed by atoms with Crippen LogP contribution in [0.5, 0.6) is 0 Å². The molecule has 1 saturated heterocycles. The second kappa shape index (κ2) is 16.6. The van der Waals surface area contributed by atoms with Crippen LogP contribution in [0.4, 0.5) is 0 Å². The Labute approximate surface area is 231 Å². The Balaban J connectivity index is 0.000000235. The molecule has 2 aromatic carbocycles. The van der Waals surface area contributed by atoms with E-state index in [4.69, 9.17) is 16.2 Å². The second-order valence-corrected chi connectivity index (χ2v) is 9.84. The summed E-state index contributed by atoms with van der Waals surface area (Å²) >= 11 is 0. The third-order valence-corrected chi connectivity index (χ3v) is 6.33. The molecule has 2 atom stereocenters. The summed E-state index contributed by atoms with van der Waals surface area (Å²) < 4.78 is 4.94. The highest BCUT2D eigenvalue weighted by atomic mass is 16.5. The molecule has 9 nitrogen and oxygen atoms in total. The zero-order valence-corrected chi connectivity index (χ0v) is 23.2. The number of primary amides is 2. The van der Waals surface area contributed by atoms with E-state index >= 15 is 0 Å². The fraction of sp³-hybridized carbons (Fsp3) is 0.448. The Kier molecular flexibility index (Phi) is 13.6. The molecule has 0 bridgehead atoms. The number of benzene rings is 2. The third kappa shape index (κ3) is 11.9. The molecule has 10 heteroatoms. The van der Waals surface area contributed by atoms with Crippen molar-refractivity contribution in [2.24, 2.45) is 16.5 Å². The molecule has 6 N–H and O–H groups in total. The molecule has 0 radical (unpaired) electrons. The first-order chi connectivity index (χ1) is 18.6. The molecule has 2 aliphatic heterocycles. The lowest BCUT2D eigenvalue weighted by Gasteiger charge is -2.15. The maximum absolute atomic E-state index is 11.9. The maximum Gasteiger partial charge on any atom is 0.374 e. The summed E-state index contributed by atoms with van der Waals surface area (Å²) in [4.78, 5) is 38.4. The Morgan fingerprint density at radius 3 is 2.03 bits per heavy atom. The fourth-order valence-electron chi connectivity index (χ4n) is 4.03. The van der Waals surface area contributed by atoms with Crippen LogP contribution in [0.1, 0.15) is 65.6 Å². The number of hydrogen-bond acceptors (Lipinski definition) is 7. The Bertz CT molecular complexity index is 1090. The van der Waals surface area contributed by atoms with E-state index in [-0.39, 0.29) is 30.6 Å². The number of ether oxygens (including phenoxy) is 1. The Morgan fingerprint density at radius 1 is 1.03 bits per heavy atom. The van der Waals surface area contributed by atoms with Crippen molar-refractivity contribution in [3.05, 3.63) is 70.8 Å². The van der Waals surface area contributed by atoms with E-state index in [9.17, 15) is 19.4 Å². The van der Waals surface area contributed by atoms with Crippen LogP contribution in [-0.4, -0.2) is 60.7 Å². The summed E-state index contributed by atoms with van der Waals surface area (Å²) in [6.45, 7) is 7.49. The summed E-state index contributed by atoms with van der Waals surface area (Å²) in [7, 11) is -0.841. The van der Waals surface area contributed by atoms with Crippen LogP contribution in [0.2, 0.25) is 6.82 Å². The number of aryl methyl sites for hydroxylation is 2. The minimum Gasteiger partial charge on any atom is -0.437 e. The summed E-state index contributed by atoms with van der Waals surface area (Å²) in [6, 6.07) is 14.4. The third-order valence-electron chi connectivity index (χ3n) is 6.33. The molecule has 1 fully saturated rings. The van der Waals surface area contributed by atoms with Gasteiger partial charge in [0.1, 0.15) is 6.04 Å². The number of nitrogens with one attached hydrogen (secondary N) is 1. The molecule has 0 saturated carbocycles. The molecular weight excluding hydrogens is 495 g/mol. The molecule has 0 unspecified atom stereocenters. The van der Waals surface area contributed by atoms with Crippen molar-refractivity contribution in [3.63, 3.8) is 0 Å². The van der Waals surface area contributed by atoms with Gasteiger partial charge in [-0.1, -0.05) is 59.7 Å².